The summed E-state index contributed by atoms with van der Waals surface area (Å²) >= 11 is 0. The Morgan fingerprint density at radius 1 is 1.24 bits per heavy atom. The first kappa shape index (κ1) is 18.2. The molecule has 0 aliphatic carbocycles. The third-order valence-electron chi connectivity index (χ3n) is 5.40. The van der Waals surface area contributed by atoms with Crippen molar-refractivity contribution in [1.82, 2.24) is 15.1 Å². The summed E-state index contributed by atoms with van der Waals surface area (Å²) in [7, 11) is 0. The Balaban J connectivity index is 1.44. The Bertz CT molecular complexity index is 637. The molecule has 2 saturated heterocycles. The first-order valence-electron chi connectivity index (χ1n) is 9.38. The number of likely N-dealkylation sites (tertiary alicyclic amines) is 2. The van der Waals surface area contributed by atoms with Crippen LogP contribution in [0.5, 0.6) is 0 Å². The van der Waals surface area contributed by atoms with Crippen LogP contribution in [-0.2, 0) is 11.3 Å². The number of carbonyl (C=O) groups excluding carboxylic acids is 1. The molecule has 2 aliphatic heterocycles. The van der Waals surface area contributed by atoms with E-state index in [2.05, 4.69) is 35.5 Å². The van der Waals surface area contributed by atoms with Crippen LogP contribution >= 0.6 is 0 Å². The van der Waals surface area contributed by atoms with Crippen molar-refractivity contribution >= 4 is 5.91 Å². The van der Waals surface area contributed by atoms with Gasteiger partial charge in [-0.05, 0) is 48.3 Å². The van der Waals surface area contributed by atoms with Crippen LogP contribution in [0.25, 0.3) is 0 Å². The number of H-pyrrole nitrogens is 1. The molecule has 0 unspecified atom stereocenters. The average Bonchev–Trinajstić information content (AvgIpc) is 3.15. The summed E-state index contributed by atoms with van der Waals surface area (Å²) in [6, 6.07) is 0. The highest BCUT2D eigenvalue weighted by molar-refractivity contribution is 5.74. The van der Waals surface area contributed by atoms with Crippen molar-refractivity contribution in [3.63, 3.8) is 0 Å². The van der Waals surface area contributed by atoms with Gasteiger partial charge in [0.2, 0.25) is 0 Å². The SMILES string of the molecule is CC(C)(C)CN1CC[C@@H](C2CCN(C(=O)C[n+]3cc(=O)o[nH]3)CC2)C1. The summed E-state index contributed by atoms with van der Waals surface area (Å²) < 4.78 is 5.99. The van der Waals surface area contributed by atoms with Gasteiger partial charge in [0.05, 0.1) is 0 Å². The number of aromatic nitrogens is 2. The predicted octanol–water partition coefficient (Wildman–Crippen LogP) is 0.862. The smallest absolute Gasteiger partial charge is 0.337 e. The molecular formula is C18H31N4O3+. The molecular weight excluding hydrogens is 320 g/mol. The molecule has 1 N–H and O–H groups in total. The second kappa shape index (κ2) is 7.32. The molecule has 1 aromatic rings. The van der Waals surface area contributed by atoms with Gasteiger partial charge < -0.3 is 9.80 Å². The lowest BCUT2D eigenvalue weighted by atomic mass is 9.83. The van der Waals surface area contributed by atoms with E-state index < -0.39 is 5.63 Å². The molecule has 1 atom stereocenters. The predicted molar refractivity (Wildman–Crippen MR) is 92.8 cm³/mol. The summed E-state index contributed by atoms with van der Waals surface area (Å²) in [6.45, 7) is 12.3. The fourth-order valence-corrected chi connectivity index (χ4v) is 4.29. The molecule has 3 rings (SSSR count). The number of hydrogen-bond acceptors (Lipinski definition) is 4. The maximum atomic E-state index is 12.3. The Morgan fingerprint density at radius 3 is 2.52 bits per heavy atom. The van der Waals surface area contributed by atoms with Gasteiger partial charge in [0.25, 0.3) is 18.6 Å². The zero-order chi connectivity index (χ0) is 18.0. The van der Waals surface area contributed by atoms with Crippen molar-refractivity contribution in [1.29, 1.82) is 0 Å². The molecule has 25 heavy (non-hydrogen) atoms. The summed E-state index contributed by atoms with van der Waals surface area (Å²) in [5, 5.41) is 2.43. The molecule has 1 amide bonds. The van der Waals surface area contributed by atoms with Crippen molar-refractivity contribution in [3.05, 3.63) is 16.6 Å². The molecule has 2 aliphatic rings. The highest BCUT2D eigenvalue weighted by atomic mass is 16.5. The maximum absolute atomic E-state index is 12.3. The van der Waals surface area contributed by atoms with E-state index in [1.54, 1.807) is 0 Å². The number of nitrogens with zero attached hydrogens (tertiary/aromatic N) is 3. The summed E-state index contributed by atoms with van der Waals surface area (Å²) in [4.78, 5) is 27.9. The maximum Gasteiger partial charge on any atom is 0.426 e. The zero-order valence-electron chi connectivity index (χ0n) is 15.7. The summed E-state index contributed by atoms with van der Waals surface area (Å²) in [6.07, 6.45) is 4.74. The van der Waals surface area contributed by atoms with Crippen LogP contribution in [0.1, 0.15) is 40.0 Å². The van der Waals surface area contributed by atoms with Gasteiger partial charge in [-0.1, -0.05) is 25.5 Å². The molecule has 0 spiro atoms. The molecule has 140 valence electrons. The number of amides is 1. The van der Waals surface area contributed by atoms with E-state index in [1.807, 2.05) is 4.90 Å². The molecule has 2 fully saturated rings. The number of piperidine rings is 1. The van der Waals surface area contributed by atoms with Gasteiger partial charge in [0.15, 0.2) is 0 Å². The minimum atomic E-state index is -0.465. The van der Waals surface area contributed by atoms with Gasteiger partial charge in [0, 0.05) is 26.2 Å². The highest BCUT2D eigenvalue weighted by Gasteiger charge is 2.34. The van der Waals surface area contributed by atoms with E-state index in [0.29, 0.717) is 5.41 Å². The molecule has 1 aromatic heterocycles. The average molecular weight is 351 g/mol. The molecule has 7 nitrogen and oxygen atoms in total. The Kier molecular flexibility index (Phi) is 5.32. The quantitative estimate of drug-likeness (QED) is 0.817. The van der Waals surface area contributed by atoms with Gasteiger partial charge in [-0.3, -0.25) is 9.32 Å². The van der Waals surface area contributed by atoms with Gasteiger partial charge in [-0.25, -0.2) is 4.79 Å². The molecule has 0 bridgehead atoms. The van der Waals surface area contributed by atoms with Crippen molar-refractivity contribution in [2.24, 2.45) is 17.3 Å². The number of carbonyl (C=O) groups is 1. The summed E-state index contributed by atoms with van der Waals surface area (Å²) in [5.41, 5.74) is -0.108. The number of rotatable bonds is 4. The van der Waals surface area contributed by atoms with Gasteiger partial charge in [-0.2, -0.15) is 0 Å². The number of aromatic amines is 1. The van der Waals surface area contributed by atoms with Crippen LogP contribution in [0, 0.1) is 17.3 Å². The van der Waals surface area contributed by atoms with Crippen molar-refractivity contribution in [2.75, 3.05) is 32.7 Å². The third-order valence-corrected chi connectivity index (χ3v) is 5.40. The Hall–Kier alpha value is -1.63. The van der Waals surface area contributed by atoms with Crippen LogP contribution < -0.4 is 10.3 Å². The van der Waals surface area contributed by atoms with E-state index >= 15 is 0 Å². The second-order valence-corrected chi connectivity index (χ2v) is 8.83. The monoisotopic (exact) mass is 351 g/mol. The Labute approximate surface area is 148 Å². The normalized spacial score (nSPS) is 23.3. The fraction of sp³-hybridized carbons (Fsp3) is 0.833. The lowest BCUT2D eigenvalue weighted by Gasteiger charge is -2.34. The first-order chi connectivity index (χ1) is 11.8. The van der Waals surface area contributed by atoms with Crippen molar-refractivity contribution in [3.8, 4) is 0 Å². The van der Waals surface area contributed by atoms with Crippen molar-refractivity contribution in [2.45, 2.75) is 46.6 Å². The first-order valence-corrected chi connectivity index (χ1v) is 9.38. The van der Waals surface area contributed by atoms with E-state index in [1.165, 1.54) is 36.9 Å². The van der Waals surface area contributed by atoms with Gasteiger partial charge >= 0.3 is 5.63 Å². The zero-order valence-corrected chi connectivity index (χ0v) is 15.7. The third kappa shape index (κ3) is 4.93. The fourth-order valence-electron chi connectivity index (χ4n) is 4.29. The second-order valence-electron chi connectivity index (χ2n) is 8.83. The largest absolute Gasteiger partial charge is 0.426 e. The lowest BCUT2D eigenvalue weighted by molar-refractivity contribution is -0.751. The van der Waals surface area contributed by atoms with Crippen LogP contribution in [-0.4, -0.2) is 53.7 Å². The van der Waals surface area contributed by atoms with Crippen LogP contribution in [0.2, 0.25) is 0 Å². The molecule has 0 saturated carbocycles. The van der Waals surface area contributed by atoms with E-state index in [-0.39, 0.29) is 12.5 Å². The molecule has 3 heterocycles. The molecule has 7 heteroatoms. The molecule has 0 radical (unpaired) electrons. The molecule has 0 aromatic carbocycles. The summed E-state index contributed by atoms with van der Waals surface area (Å²) in [5.74, 6) is 1.55. The highest BCUT2D eigenvalue weighted by Crippen LogP contribution is 2.33. The van der Waals surface area contributed by atoms with Gasteiger partial charge in [-0.15, -0.1) is 0 Å². The van der Waals surface area contributed by atoms with E-state index in [4.69, 9.17) is 0 Å². The topological polar surface area (TPSA) is 73.4 Å². The van der Waals surface area contributed by atoms with Crippen LogP contribution in [0.15, 0.2) is 15.5 Å². The minimum Gasteiger partial charge on any atom is -0.337 e. The van der Waals surface area contributed by atoms with Crippen LogP contribution in [0.3, 0.4) is 0 Å². The number of hydrogen-bond donors (Lipinski definition) is 1. The van der Waals surface area contributed by atoms with Gasteiger partial charge in [0.1, 0.15) is 0 Å². The standard InChI is InChI=1S/C18H30N4O3/c1-18(2,3)13-20-7-4-15(10-20)14-5-8-21(9-6-14)16(23)11-22-12-17(24)25-19-22/h12,14-15H,4-11,13H2,1-3H3/p+1/t15-/m1/s1. The lowest BCUT2D eigenvalue weighted by Crippen LogP contribution is -2.48. The number of nitrogens with one attached hydrogen (secondary N) is 1. The van der Waals surface area contributed by atoms with E-state index in [9.17, 15) is 9.59 Å². The van der Waals surface area contributed by atoms with Crippen LogP contribution in [0.4, 0.5) is 0 Å². The van der Waals surface area contributed by atoms with Crippen molar-refractivity contribution < 1.29 is 14.0 Å². The minimum absolute atomic E-state index is 0.0429. The Morgan fingerprint density at radius 2 is 1.92 bits per heavy atom. The van der Waals surface area contributed by atoms with E-state index in [0.717, 1.165) is 37.8 Å².